The molecule has 0 bridgehead atoms. The Morgan fingerprint density at radius 1 is 0.278 bits per heavy atom. The van der Waals surface area contributed by atoms with Gasteiger partial charge in [0.25, 0.3) is 0 Å². The first-order valence-electron chi connectivity index (χ1n) is 18.2. The van der Waals surface area contributed by atoms with Crippen molar-refractivity contribution in [2.24, 2.45) is 0 Å². The number of aromatic nitrogens is 2. The largest absolute Gasteiger partial charge is 0.309 e. The lowest BCUT2D eigenvalue weighted by Crippen LogP contribution is -2.22. The Kier molecular flexibility index (Phi) is 6.52. The second kappa shape index (κ2) is 11.6. The maximum Gasteiger partial charge on any atom is 0.195 e. The van der Waals surface area contributed by atoms with Gasteiger partial charge in [0, 0.05) is 55.2 Å². The lowest BCUT2D eigenvalue weighted by atomic mass is 9.78. The van der Waals surface area contributed by atoms with Crippen molar-refractivity contribution in [2.75, 3.05) is 0 Å². The smallest absolute Gasteiger partial charge is 0.195 e. The minimum atomic E-state index is -0.134. The van der Waals surface area contributed by atoms with Crippen LogP contribution in [0.2, 0.25) is 0 Å². The number of hydrogen-bond acceptors (Lipinski definition) is 2. The van der Waals surface area contributed by atoms with Gasteiger partial charge in [0.2, 0.25) is 0 Å². The number of nitrogens with zero attached hydrogens (tertiary/aromatic N) is 2. The zero-order chi connectivity index (χ0) is 35.9. The number of rotatable bonds is 4. The summed E-state index contributed by atoms with van der Waals surface area (Å²) in [4.78, 5) is 29.0. The Morgan fingerprint density at radius 2 is 0.574 bits per heavy atom. The summed E-state index contributed by atoms with van der Waals surface area (Å²) in [6.07, 6.45) is 0. The molecule has 0 radical (unpaired) electrons. The van der Waals surface area contributed by atoms with E-state index in [1.165, 1.54) is 21.5 Å². The van der Waals surface area contributed by atoms with Gasteiger partial charge in [-0.1, -0.05) is 133 Å². The van der Waals surface area contributed by atoms with E-state index in [1.54, 1.807) is 12.1 Å². The summed E-state index contributed by atoms with van der Waals surface area (Å²) in [5, 5.41) is 4.82. The Labute approximate surface area is 310 Å². The van der Waals surface area contributed by atoms with Gasteiger partial charge in [-0.2, -0.15) is 0 Å². The lowest BCUT2D eigenvalue weighted by molar-refractivity contribution is 0.0980. The number of carbonyl (C=O) groups is 2. The average molecular weight is 691 g/mol. The molecule has 252 valence electrons. The van der Waals surface area contributed by atoms with Crippen LogP contribution >= 0.6 is 0 Å². The molecule has 0 aliphatic heterocycles. The zero-order valence-electron chi connectivity index (χ0n) is 29.0. The number of ketones is 2. The van der Waals surface area contributed by atoms with Crippen molar-refractivity contribution < 1.29 is 9.59 Å². The summed E-state index contributed by atoms with van der Waals surface area (Å²) in [6, 6.07) is 61.6. The maximum atomic E-state index is 14.5. The van der Waals surface area contributed by atoms with Gasteiger partial charge in [0.15, 0.2) is 11.6 Å². The molecule has 0 atom stereocenters. The molecule has 1 aliphatic carbocycles. The minimum Gasteiger partial charge on any atom is -0.309 e. The van der Waals surface area contributed by atoms with Crippen molar-refractivity contribution in [1.29, 1.82) is 0 Å². The van der Waals surface area contributed by atoms with E-state index in [0.717, 1.165) is 55.7 Å². The van der Waals surface area contributed by atoms with Crippen LogP contribution in [0.25, 0.3) is 77.2 Å². The molecule has 8 aromatic carbocycles. The van der Waals surface area contributed by atoms with Crippen LogP contribution in [0, 0.1) is 0 Å². The highest BCUT2D eigenvalue weighted by molar-refractivity contribution is 6.32. The molecule has 4 nitrogen and oxygen atoms in total. The SMILES string of the molecule is O=C1c2cccc(-c3ccc(-n4c5ccccc5c5ccccc54)cc3)c2C(=O)c2cccc(-c3ccc(-n4c5ccccc5c5ccccc54)cc3)c21. The Morgan fingerprint density at radius 3 is 0.907 bits per heavy atom. The monoisotopic (exact) mass is 690 g/mol. The van der Waals surface area contributed by atoms with Crippen LogP contribution in [0.5, 0.6) is 0 Å². The van der Waals surface area contributed by atoms with Crippen LogP contribution in [0.1, 0.15) is 31.8 Å². The van der Waals surface area contributed by atoms with Gasteiger partial charge >= 0.3 is 0 Å². The van der Waals surface area contributed by atoms with Crippen molar-refractivity contribution in [2.45, 2.75) is 0 Å². The predicted octanol–water partition coefficient (Wildman–Crippen LogP) is 12.0. The molecule has 54 heavy (non-hydrogen) atoms. The van der Waals surface area contributed by atoms with Crippen LogP contribution in [-0.4, -0.2) is 20.7 Å². The Bertz CT molecular complexity index is 2860. The van der Waals surface area contributed by atoms with Crippen molar-refractivity contribution in [1.82, 2.24) is 9.13 Å². The minimum absolute atomic E-state index is 0.134. The van der Waals surface area contributed by atoms with E-state index in [4.69, 9.17) is 0 Å². The molecule has 2 aromatic heterocycles. The normalized spacial score (nSPS) is 12.5. The van der Waals surface area contributed by atoms with E-state index in [1.807, 2.05) is 24.3 Å². The van der Waals surface area contributed by atoms with Crippen molar-refractivity contribution in [3.8, 4) is 33.6 Å². The molecule has 10 aromatic rings. The Balaban J connectivity index is 0.975. The van der Waals surface area contributed by atoms with Crippen LogP contribution < -0.4 is 0 Å². The van der Waals surface area contributed by atoms with Crippen LogP contribution in [-0.2, 0) is 0 Å². The van der Waals surface area contributed by atoms with E-state index in [0.29, 0.717) is 22.3 Å². The highest BCUT2D eigenvalue weighted by atomic mass is 16.1. The topological polar surface area (TPSA) is 44.0 Å². The van der Waals surface area contributed by atoms with E-state index >= 15 is 0 Å². The van der Waals surface area contributed by atoms with Crippen molar-refractivity contribution in [3.63, 3.8) is 0 Å². The van der Waals surface area contributed by atoms with Gasteiger partial charge in [0.05, 0.1) is 22.1 Å². The highest BCUT2D eigenvalue weighted by Crippen LogP contribution is 2.40. The molecule has 0 saturated heterocycles. The number of hydrogen-bond donors (Lipinski definition) is 0. The summed E-state index contributed by atoms with van der Waals surface area (Å²) >= 11 is 0. The fourth-order valence-corrected chi connectivity index (χ4v) is 8.70. The summed E-state index contributed by atoms with van der Waals surface area (Å²) in [6.45, 7) is 0. The van der Waals surface area contributed by atoms with E-state index < -0.39 is 0 Å². The van der Waals surface area contributed by atoms with Crippen LogP contribution in [0.3, 0.4) is 0 Å². The molecule has 1 aliphatic rings. The maximum absolute atomic E-state index is 14.5. The van der Waals surface area contributed by atoms with E-state index in [2.05, 4.69) is 155 Å². The van der Waals surface area contributed by atoms with Gasteiger partial charge in [-0.25, -0.2) is 0 Å². The van der Waals surface area contributed by atoms with E-state index in [9.17, 15) is 9.59 Å². The highest BCUT2D eigenvalue weighted by Gasteiger charge is 2.34. The third kappa shape index (κ3) is 4.31. The fraction of sp³-hybridized carbons (Fsp3) is 0. The summed E-state index contributed by atoms with van der Waals surface area (Å²) in [7, 11) is 0. The predicted molar refractivity (Wildman–Crippen MR) is 219 cm³/mol. The lowest BCUT2D eigenvalue weighted by Gasteiger charge is -2.23. The number of fused-ring (bicyclic) bond motifs is 8. The number of carbonyl (C=O) groups excluding carboxylic acids is 2. The van der Waals surface area contributed by atoms with Gasteiger partial charge in [0.1, 0.15) is 0 Å². The molecular weight excluding hydrogens is 661 g/mol. The average Bonchev–Trinajstić information content (AvgIpc) is 3.76. The van der Waals surface area contributed by atoms with E-state index in [-0.39, 0.29) is 11.6 Å². The molecule has 0 N–H and O–H groups in total. The zero-order valence-corrected chi connectivity index (χ0v) is 29.0. The first-order chi connectivity index (χ1) is 26.7. The van der Waals surface area contributed by atoms with Crippen LogP contribution in [0.15, 0.2) is 182 Å². The van der Waals surface area contributed by atoms with Gasteiger partial charge in [-0.05, 0) is 70.8 Å². The van der Waals surface area contributed by atoms with Crippen molar-refractivity contribution in [3.05, 3.63) is 204 Å². The standard InChI is InChI=1S/C50H30N2O2/c53-49-42-18-10-16-36(32-25-29-34(30-26-32)52-45-21-7-3-13-39(45)40-14-4-8-22-46(40)52)48(42)50(54)41-17-9-15-35(47(41)49)31-23-27-33(28-24-31)51-43-19-5-1-11-37(43)38-12-2-6-20-44(38)51/h1-30H. The summed E-state index contributed by atoms with van der Waals surface area (Å²) in [5.74, 6) is -0.268. The third-order valence-corrected chi connectivity index (χ3v) is 11.1. The van der Waals surface area contributed by atoms with Crippen molar-refractivity contribution >= 4 is 55.2 Å². The first kappa shape index (κ1) is 30.3. The third-order valence-electron chi connectivity index (χ3n) is 11.1. The number of para-hydroxylation sites is 4. The number of benzene rings is 8. The quantitative estimate of drug-likeness (QED) is 0.184. The molecule has 11 rings (SSSR count). The second-order valence-corrected chi connectivity index (χ2v) is 13.9. The van der Waals surface area contributed by atoms with Gasteiger partial charge in [-0.15, -0.1) is 0 Å². The van der Waals surface area contributed by atoms with Gasteiger partial charge in [-0.3, -0.25) is 9.59 Å². The molecule has 4 heteroatoms. The summed E-state index contributed by atoms with van der Waals surface area (Å²) < 4.78 is 4.55. The molecule has 0 spiro atoms. The molecule has 0 saturated carbocycles. The second-order valence-electron chi connectivity index (χ2n) is 13.9. The molecule has 0 fully saturated rings. The van der Waals surface area contributed by atoms with Crippen LogP contribution in [0.4, 0.5) is 0 Å². The molecule has 0 amide bonds. The fourth-order valence-electron chi connectivity index (χ4n) is 8.70. The molecule has 2 heterocycles. The molecular formula is C50H30N2O2. The summed E-state index contributed by atoms with van der Waals surface area (Å²) in [5.41, 5.74) is 11.7. The Hall–Kier alpha value is -7.30. The first-order valence-corrected chi connectivity index (χ1v) is 18.2. The van der Waals surface area contributed by atoms with Gasteiger partial charge < -0.3 is 9.13 Å². The molecule has 0 unspecified atom stereocenters.